The van der Waals surface area contributed by atoms with E-state index < -0.39 is 0 Å². The van der Waals surface area contributed by atoms with Crippen LogP contribution in [0.4, 0.5) is 0 Å². The van der Waals surface area contributed by atoms with Crippen molar-refractivity contribution in [3.63, 3.8) is 0 Å². The Balaban J connectivity index is 1.36. The van der Waals surface area contributed by atoms with E-state index in [0.29, 0.717) is 6.61 Å². The van der Waals surface area contributed by atoms with Crippen LogP contribution in [0.5, 0.6) is 11.5 Å². The summed E-state index contributed by atoms with van der Waals surface area (Å²) >= 11 is 3.39. The van der Waals surface area contributed by atoms with Crippen molar-refractivity contribution in [3.8, 4) is 11.5 Å². The number of ether oxygens (including phenoxy) is 2. The van der Waals surface area contributed by atoms with Crippen molar-refractivity contribution in [2.24, 2.45) is 0 Å². The highest BCUT2D eigenvalue weighted by molar-refractivity contribution is 9.09. The molecule has 0 aliphatic carbocycles. The first kappa shape index (κ1) is 22.1. The molecule has 0 unspecified atom stereocenters. The van der Waals surface area contributed by atoms with Crippen LogP contribution in [0.15, 0.2) is 48.5 Å². The maximum Gasteiger partial charge on any atom is 0.161 e. The first-order chi connectivity index (χ1) is 14.3. The lowest BCUT2D eigenvalue weighted by Gasteiger charge is -2.34. The van der Waals surface area contributed by atoms with Gasteiger partial charge in [-0.25, -0.2) is 0 Å². The van der Waals surface area contributed by atoms with E-state index in [0.717, 1.165) is 42.9 Å². The molecule has 2 aromatic carbocycles. The lowest BCUT2D eigenvalue weighted by atomic mass is 10.1. The van der Waals surface area contributed by atoms with E-state index in [1.165, 1.54) is 43.6 Å². The van der Waals surface area contributed by atoms with Crippen LogP contribution in [0.2, 0.25) is 0 Å². The van der Waals surface area contributed by atoms with Gasteiger partial charge in [-0.2, -0.15) is 0 Å². The smallest absolute Gasteiger partial charge is 0.161 e. The first-order valence-electron chi connectivity index (χ1n) is 10.6. The summed E-state index contributed by atoms with van der Waals surface area (Å²) in [4.78, 5) is 5.19. The number of aryl methyl sites for hydroxylation is 1. The third-order valence-corrected chi connectivity index (χ3v) is 5.85. The molecule has 2 aromatic rings. The van der Waals surface area contributed by atoms with Gasteiger partial charge in [-0.1, -0.05) is 52.3 Å². The normalized spacial score (nSPS) is 15.4. The maximum atomic E-state index is 5.71. The second kappa shape index (κ2) is 12.2. The van der Waals surface area contributed by atoms with Gasteiger partial charge in [-0.3, -0.25) is 0 Å². The van der Waals surface area contributed by atoms with Gasteiger partial charge in [0, 0.05) is 38.1 Å². The zero-order valence-corrected chi connectivity index (χ0v) is 19.1. The molecule has 0 spiro atoms. The summed E-state index contributed by atoms with van der Waals surface area (Å²) in [5.41, 5.74) is 2.75. The van der Waals surface area contributed by atoms with E-state index in [1.54, 1.807) is 7.11 Å². The van der Waals surface area contributed by atoms with Crippen molar-refractivity contribution < 1.29 is 9.47 Å². The van der Waals surface area contributed by atoms with Crippen LogP contribution in [0, 0.1) is 0 Å². The van der Waals surface area contributed by atoms with Crippen molar-refractivity contribution in [2.75, 3.05) is 58.3 Å². The molecule has 1 aliphatic rings. The summed E-state index contributed by atoms with van der Waals surface area (Å²) in [6.45, 7) is 7.63. The molecule has 0 saturated carbocycles. The summed E-state index contributed by atoms with van der Waals surface area (Å²) in [7, 11) is 1.71. The Bertz CT molecular complexity index is 718. The standard InChI is InChI=1S/C24H33BrN2O2/c1-28-24-20-22(9-10-23(24)29-19-12-25)11-14-27-17-15-26(16-18-27)13-5-8-21-6-3-2-4-7-21/h2-4,6-7,9-10,20H,5,8,11-19H2,1H3. The highest BCUT2D eigenvalue weighted by Crippen LogP contribution is 2.28. The molecule has 0 bridgehead atoms. The number of nitrogens with zero attached hydrogens (tertiary/aromatic N) is 2. The molecule has 0 radical (unpaired) electrons. The van der Waals surface area contributed by atoms with Gasteiger partial charge in [-0.05, 0) is 49.1 Å². The van der Waals surface area contributed by atoms with Crippen LogP contribution in [-0.4, -0.2) is 68.1 Å². The Hall–Kier alpha value is -1.56. The molecule has 0 N–H and O–H groups in total. The summed E-state index contributed by atoms with van der Waals surface area (Å²) in [6.07, 6.45) is 3.47. The fraction of sp³-hybridized carbons (Fsp3) is 0.500. The molecule has 1 fully saturated rings. The summed E-state index contributed by atoms with van der Waals surface area (Å²) < 4.78 is 11.2. The van der Waals surface area contributed by atoms with Gasteiger partial charge in [0.1, 0.15) is 0 Å². The Labute approximate surface area is 183 Å². The van der Waals surface area contributed by atoms with Gasteiger partial charge in [0.25, 0.3) is 0 Å². The lowest BCUT2D eigenvalue weighted by Crippen LogP contribution is -2.47. The molecule has 0 aromatic heterocycles. The SMILES string of the molecule is COc1cc(CCN2CCN(CCCc3ccccc3)CC2)ccc1OCCBr. The molecule has 0 amide bonds. The van der Waals surface area contributed by atoms with E-state index >= 15 is 0 Å². The van der Waals surface area contributed by atoms with Crippen LogP contribution >= 0.6 is 15.9 Å². The van der Waals surface area contributed by atoms with Crippen LogP contribution in [0.1, 0.15) is 17.5 Å². The van der Waals surface area contributed by atoms with E-state index in [2.05, 4.69) is 68.2 Å². The molecule has 1 heterocycles. The monoisotopic (exact) mass is 460 g/mol. The molecule has 5 heteroatoms. The van der Waals surface area contributed by atoms with Gasteiger partial charge >= 0.3 is 0 Å². The summed E-state index contributed by atoms with van der Waals surface area (Å²) in [5.74, 6) is 1.64. The average molecular weight is 461 g/mol. The van der Waals surface area contributed by atoms with E-state index in [9.17, 15) is 0 Å². The second-order valence-corrected chi connectivity index (χ2v) is 8.34. The van der Waals surface area contributed by atoms with E-state index in [1.807, 2.05) is 6.07 Å². The number of hydrogen-bond acceptors (Lipinski definition) is 4. The minimum Gasteiger partial charge on any atom is -0.493 e. The van der Waals surface area contributed by atoms with Gasteiger partial charge in [0.05, 0.1) is 13.7 Å². The molecular weight excluding hydrogens is 428 g/mol. The Morgan fingerprint density at radius 2 is 1.55 bits per heavy atom. The number of piperazine rings is 1. The van der Waals surface area contributed by atoms with E-state index in [-0.39, 0.29) is 0 Å². The maximum absolute atomic E-state index is 5.71. The van der Waals surface area contributed by atoms with Crippen LogP contribution in [0.25, 0.3) is 0 Å². The number of halogens is 1. The largest absolute Gasteiger partial charge is 0.493 e. The third kappa shape index (κ3) is 7.32. The Kier molecular flexibility index (Phi) is 9.32. The minimum atomic E-state index is 0.644. The molecule has 158 valence electrons. The van der Waals surface area contributed by atoms with Gasteiger partial charge in [0.2, 0.25) is 0 Å². The van der Waals surface area contributed by atoms with E-state index in [4.69, 9.17) is 9.47 Å². The molecule has 0 atom stereocenters. The predicted octanol–water partition coefficient (Wildman–Crippen LogP) is 4.26. The summed E-state index contributed by atoms with van der Waals surface area (Å²) in [6, 6.07) is 17.1. The second-order valence-electron chi connectivity index (χ2n) is 7.55. The first-order valence-corrected chi connectivity index (χ1v) is 11.7. The van der Waals surface area contributed by atoms with Crippen LogP contribution in [0.3, 0.4) is 0 Å². The third-order valence-electron chi connectivity index (χ3n) is 5.53. The highest BCUT2D eigenvalue weighted by Gasteiger charge is 2.16. The number of rotatable bonds is 11. The van der Waals surface area contributed by atoms with Gasteiger partial charge in [-0.15, -0.1) is 0 Å². The number of methoxy groups -OCH3 is 1. The minimum absolute atomic E-state index is 0.644. The van der Waals surface area contributed by atoms with Crippen molar-refractivity contribution in [1.82, 2.24) is 9.80 Å². The molecule has 1 aliphatic heterocycles. The Morgan fingerprint density at radius 3 is 2.24 bits per heavy atom. The zero-order chi connectivity index (χ0) is 20.3. The lowest BCUT2D eigenvalue weighted by molar-refractivity contribution is 0.132. The Morgan fingerprint density at radius 1 is 0.828 bits per heavy atom. The zero-order valence-electron chi connectivity index (χ0n) is 17.5. The highest BCUT2D eigenvalue weighted by atomic mass is 79.9. The number of hydrogen-bond donors (Lipinski definition) is 0. The molecule has 1 saturated heterocycles. The molecule has 3 rings (SSSR count). The van der Waals surface area contributed by atoms with Crippen molar-refractivity contribution in [3.05, 3.63) is 59.7 Å². The quantitative estimate of drug-likeness (QED) is 0.467. The topological polar surface area (TPSA) is 24.9 Å². The summed E-state index contributed by atoms with van der Waals surface area (Å²) in [5, 5.41) is 0.816. The fourth-order valence-corrected chi connectivity index (χ4v) is 3.97. The van der Waals surface area contributed by atoms with Crippen molar-refractivity contribution >= 4 is 15.9 Å². The molecule has 29 heavy (non-hydrogen) atoms. The van der Waals surface area contributed by atoms with Gasteiger partial charge < -0.3 is 19.3 Å². The molecule has 4 nitrogen and oxygen atoms in total. The fourth-order valence-electron chi connectivity index (χ4n) is 3.81. The number of alkyl halides is 1. The number of benzene rings is 2. The van der Waals surface area contributed by atoms with Gasteiger partial charge in [0.15, 0.2) is 11.5 Å². The van der Waals surface area contributed by atoms with Crippen molar-refractivity contribution in [2.45, 2.75) is 19.3 Å². The average Bonchev–Trinajstić information content (AvgIpc) is 2.78. The predicted molar refractivity (Wildman–Crippen MR) is 124 cm³/mol. The van der Waals surface area contributed by atoms with Crippen LogP contribution < -0.4 is 9.47 Å². The molecular formula is C24H33BrN2O2. The van der Waals surface area contributed by atoms with Crippen LogP contribution in [-0.2, 0) is 12.8 Å². The van der Waals surface area contributed by atoms with Crippen molar-refractivity contribution in [1.29, 1.82) is 0 Å².